The summed E-state index contributed by atoms with van der Waals surface area (Å²) < 4.78 is 12.0. The van der Waals surface area contributed by atoms with Crippen LogP contribution in [0, 0.1) is 0 Å². The highest BCUT2D eigenvalue weighted by molar-refractivity contribution is 6.15. The van der Waals surface area contributed by atoms with Crippen LogP contribution in [-0.4, -0.2) is 38.7 Å². The zero-order valence-electron chi connectivity index (χ0n) is 18.8. The number of aryl methyl sites for hydroxylation is 1. The van der Waals surface area contributed by atoms with E-state index < -0.39 is 12.6 Å². The molecule has 1 N–H and O–H groups in total. The van der Waals surface area contributed by atoms with Gasteiger partial charge in [0.25, 0.3) is 5.91 Å². The largest absolute Gasteiger partial charge is 0.465 e. The Morgan fingerprint density at radius 1 is 1.09 bits per heavy atom. The molecule has 1 aliphatic carbocycles. The van der Waals surface area contributed by atoms with Crippen LogP contribution in [0.4, 0.5) is 0 Å². The molecule has 1 unspecified atom stereocenters. The molecule has 1 amide bonds. The maximum Gasteiger partial charge on any atom is 0.357 e. The fraction of sp³-hybridized carbons (Fsp3) is 0.192. The number of amides is 1. The first kappa shape index (κ1) is 22.3. The van der Waals surface area contributed by atoms with Crippen molar-refractivity contribution in [2.24, 2.45) is 0 Å². The van der Waals surface area contributed by atoms with Crippen LogP contribution in [-0.2, 0) is 20.7 Å². The molecule has 35 heavy (non-hydrogen) atoms. The molecule has 2 aromatic carbocycles. The second-order valence-electron chi connectivity index (χ2n) is 8.11. The van der Waals surface area contributed by atoms with Crippen molar-refractivity contribution in [2.75, 3.05) is 6.61 Å². The third-order valence-electron chi connectivity index (χ3n) is 5.80. The van der Waals surface area contributed by atoms with Gasteiger partial charge in [-0.05, 0) is 52.9 Å². The average molecular weight is 470 g/mol. The van der Waals surface area contributed by atoms with E-state index in [-0.39, 0.29) is 17.6 Å². The van der Waals surface area contributed by atoms with Crippen molar-refractivity contribution in [3.05, 3.63) is 89.9 Å². The van der Waals surface area contributed by atoms with Crippen LogP contribution in [0.3, 0.4) is 0 Å². The SMILES string of the molecule is O=C(COC(=O)/C(=C/c1ccco1)n1nnnc1-c1ccccc1)NC1CCCc2ccccc21. The summed E-state index contributed by atoms with van der Waals surface area (Å²) in [7, 11) is 0. The lowest BCUT2D eigenvalue weighted by Crippen LogP contribution is -2.34. The summed E-state index contributed by atoms with van der Waals surface area (Å²) in [6, 6.07) is 20.6. The first-order chi connectivity index (χ1) is 17.2. The van der Waals surface area contributed by atoms with Gasteiger partial charge in [-0.25, -0.2) is 4.79 Å². The zero-order chi connectivity index (χ0) is 24.0. The number of carbonyl (C=O) groups is 2. The fourth-order valence-electron chi connectivity index (χ4n) is 4.18. The van der Waals surface area contributed by atoms with Gasteiger partial charge in [0.15, 0.2) is 18.1 Å². The van der Waals surface area contributed by atoms with E-state index in [9.17, 15) is 9.59 Å². The van der Waals surface area contributed by atoms with Crippen molar-refractivity contribution in [2.45, 2.75) is 25.3 Å². The number of esters is 1. The number of hydrogen-bond acceptors (Lipinski definition) is 7. The number of nitrogens with one attached hydrogen (secondary N) is 1. The molecule has 0 bridgehead atoms. The predicted octanol–water partition coefficient (Wildman–Crippen LogP) is 3.67. The Morgan fingerprint density at radius 2 is 1.91 bits per heavy atom. The standard InChI is InChI=1S/C26H23N5O4/c32-24(27-22-14-6-11-18-8-4-5-13-21(18)22)17-35-26(33)23(16-20-12-7-15-34-20)31-25(28-29-30-31)19-9-2-1-3-10-19/h1-5,7-10,12-13,15-16,22H,6,11,14,17H2,(H,27,32)/b23-16-. The van der Waals surface area contributed by atoms with Crippen LogP contribution >= 0.6 is 0 Å². The van der Waals surface area contributed by atoms with Crippen LogP contribution in [0.1, 0.15) is 35.8 Å². The Morgan fingerprint density at radius 3 is 2.74 bits per heavy atom. The number of hydrogen-bond donors (Lipinski definition) is 1. The first-order valence-electron chi connectivity index (χ1n) is 11.3. The van der Waals surface area contributed by atoms with Crippen molar-refractivity contribution in [1.82, 2.24) is 25.5 Å². The van der Waals surface area contributed by atoms with E-state index in [0.29, 0.717) is 17.1 Å². The Bertz CT molecular complexity index is 1350. The summed E-state index contributed by atoms with van der Waals surface area (Å²) in [6.45, 7) is -0.435. The van der Waals surface area contributed by atoms with Crippen molar-refractivity contribution in [3.63, 3.8) is 0 Å². The number of fused-ring (bicyclic) bond motifs is 1. The highest BCUT2D eigenvalue weighted by Gasteiger charge is 2.24. The summed E-state index contributed by atoms with van der Waals surface area (Å²) in [5, 5.41) is 14.8. The number of nitrogens with zero attached hydrogens (tertiary/aromatic N) is 4. The van der Waals surface area contributed by atoms with E-state index in [4.69, 9.17) is 9.15 Å². The maximum absolute atomic E-state index is 13.1. The summed E-state index contributed by atoms with van der Waals surface area (Å²) in [5.74, 6) is -0.374. The lowest BCUT2D eigenvalue weighted by molar-refractivity contribution is -0.143. The molecule has 9 heteroatoms. The molecule has 0 spiro atoms. The molecule has 0 fully saturated rings. The second-order valence-corrected chi connectivity index (χ2v) is 8.11. The Labute approximate surface area is 201 Å². The van der Waals surface area contributed by atoms with E-state index in [1.54, 1.807) is 12.1 Å². The lowest BCUT2D eigenvalue weighted by atomic mass is 9.88. The molecule has 2 aromatic heterocycles. The molecule has 5 rings (SSSR count). The third kappa shape index (κ3) is 5.03. The minimum Gasteiger partial charge on any atom is -0.465 e. The highest BCUT2D eigenvalue weighted by atomic mass is 16.5. The Balaban J connectivity index is 1.33. The number of furan rings is 1. The van der Waals surface area contributed by atoms with Crippen LogP contribution in [0.15, 0.2) is 77.4 Å². The molecule has 0 saturated carbocycles. The topological polar surface area (TPSA) is 112 Å². The van der Waals surface area contributed by atoms with Crippen molar-refractivity contribution >= 4 is 23.6 Å². The van der Waals surface area contributed by atoms with Gasteiger partial charge >= 0.3 is 5.97 Å². The number of rotatable bonds is 7. The summed E-state index contributed by atoms with van der Waals surface area (Å²) in [6.07, 6.45) is 5.78. The van der Waals surface area contributed by atoms with Crippen LogP contribution in [0.2, 0.25) is 0 Å². The first-order valence-corrected chi connectivity index (χ1v) is 11.3. The molecule has 4 aromatic rings. The van der Waals surface area contributed by atoms with E-state index in [1.807, 2.05) is 48.5 Å². The molecule has 0 radical (unpaired) electrons. The summed E-state index contributed by atoms with van der Waals surface area (Å²) in [5.41, 5.74) is 3.07. The molecule has 0 aliphatic heterocycles. The smallest absolute Gasteiger partial charge is 0.357 e. The van der Waals surface area contributed by atoms with Gasteiger partial charge in [-0.15, -0.1) is 5.10 Å². The number of aromatic nitrogens is 4. The van der Waals surface area contributed by atoms with Gasteiger partial charge in [0.1, 0.15) is 5.76 Å². The van der Waals surface area contributed by atoms with Gasteiger partial charge in [0, 0.05) is 11.6 Å². The normalized spacial score (nSPS) is 15.3. The number of tetrazole rings is 1. The lowest BCUT2D eigenvalue weighted by Gasteiger charge is -2.26. The molecular formula is C26H23N5O4. The second kappa shape index (κ2) is 10.2. The van der Waals surface area contributed by atoms with Crippen molar-refractivity contribution in [1.29, 1.82) is 0 Å². The van der Waals surface area contributed by atoms with Crippen LogP contribution in [0.25, 0.3) is 23.2 Å². The van der Waals surface area contributed by atoms with Crippen LogP contribution in [0.5, 0.6) is 0 Å². The molecular weight excluding hydrogens is 446 g/mol. The van der Waals surface area contributed by atoms with E-state index in [1.165, 1.54) is 22.6 Å². The number of benzene rings is 2. The highest BCUT2D eigenvalue weighted by Crippen LogP contribution is 2.29. The predicted molar refractivity (Wildman–Crippen MR) is 127 cm³/mol. The van der Waals surface area contributed by atoms with E-state index >= 15 is 0 Å². The van der Waals surface area contributed by atoms with Gasteiger partial charge in [0.2, 0.25) is 0 Å². The third-order valence-corrected chi connectivity index (χ3v) is 5.80. The zero-order valence-corrected chi connectivity index (χ0v) is 18.8. The number of carbonyl (C=O) groups excluding carboxylic acids is 2. The quantitative estimate of drug-likeness (QED) is 0.325. The molecule has 176 valence electrons. The van der Waals surface area contributed by atoms with Gasteiger partial charge in [-0.2, -0.15) is 4.68 Å². The molecule has 9 nitrogen and oxygen atoms in total. The molecule has 2 heterocycles. The minimum absolute atomic E-state index is 0.0135. The average Bonchev–Trinajstić information content (AvgIpc) is 3.59. The van der Waals surface area contributed by atoms with Crippen LogP contribution < -0.4 is 5.32 Å². The Kier molecular flexibility index (Phi) is 6.47. The Hall–Kier alpha value is -4.53. The van der Waals surface area contributed by atoms with Crippen molar-refractivity contribution in [3.8, 4) is 11.4 Å². The van der Waals surface area contributed by atoms with Gasteiger partial charge in [-0.3, -0.25) is 4.79 Å². The fourth-order valence-corrected chi connectivity index (χ4v) is 4.18. The summed E-state index contributed by atoms with van der Waals surface area (Å²) >= 11 is 0. The van der Waals surface area contributed by atoms with E-state index in [2.05, 4.69) is 26.9 Å². The van der Waals surface area contributed by atoms with Gasteiger partial charge in [-0.1, -0.05) is 54.6 Å². The van der Waals surface area contributed by atoms with Gasteiger partial charge < -0.3 is 14.5 Å². The molecule has 1 atom stereocenters. The molecule has 1 aliphatic rings. The summed E-state index contributed by atoms with van der Waals surface area (Å²) in [4.78, 5) is 25.8. The van der Waals surface area contributed by atoms with Crippen molar-refractivity contribution < 1.29 is 18.7 Å². The monoisotopic (exact) mass is 469 g/mol. The molecule has 0 saturated heterocycles. The number of ether oxygens (including phenoxy) is 1. The van der Waals surface area contributed by atoms with E-state index in [0.717, 1.165) is 24.8 Å². The van der Waals surface area contributed by atoms with Gasteiger partial charge in [0.05, 0.1) is 12.3 Å². The maximum atomic E-state index is 13.1. The minimum atomic E-state index is -0.759.